The molecule has 0 saturated heterocycles. The van der Waals surface area contributed by atoms with Crippen LogP contribution < -0.4 is 15.6 Å². The highest BCUT2D eigenvalue weighted by Crippen LogP contribution is 2.25. The van der Waals surface area contributed by atoms with E-state index in [0.29, 0.717) is 11.3 Å². The van der Waals surface area contributed by atoms with Crippen molar-refractivity contribution >= 4 is 29.2 Å². The number of hydrogen-bond donors (Lipinski definition) is 1. The predicted molar refractivity (Wildman–Crippen MR) is 111 cm³/mol. The topological polar surface area (TPSA) is 65.4 Å². The third-order valence-electron chi connectivity index (χ3n) is 4.46. The molecule has 1 aromatic carbocycles. The fraction of sp³-hybridized carbons (Fsp3) is 0.300. The van der Waals surface area contributed by atoms with E-state index in [1.807, 2.05) is 19.1 Å². The first kappa shape index (κ1) is 21.4. The zero-order valence-corrected chi connectivity index (χ0v) is 17.6. The van der Waals surface area contributed by atoms with Crippen molar-refractivity contribution in [1.29, 1.82) is 0 Å². The van der Waals surface area contributed by atoms with Gasteiger partial charge in [0.2, 0.25) is 11.7 Å². The molecule has 0 amide bonds. The summed E-state index contributed by atoms with van der Waals surface area (Å²) in [4.78, 5) is 16.3. The minimum absolute atomic E-state index is 0.0681. The third-order valence-corrected chi connectivity index (χ3v) is 5.05. The molecule has 154 valence electrons. The number of aromatic nitrogens is 2. The minimum atomic E-state index is -0.528. The number of nitrogens with zero attached hydrogens (tertiary/aromatic N) is 2. The Labute approximate surface area is 177 Å². The lowest BCUT2D eigenvalue weighted by Crippen LogP contribution is -2.27. The van der Waals surface area contributed by atoms with Crippen LogP contribution in [0.15, 0.2) is 52.6 Å². The Bertz CT molecular complexity index is 1020. The van der Waals surface area contributed by atoms with Crippen LogP contribution in [-0.2, 0) is 11.3 Å². The maximum atomic E-state index is 13.7. The monoisotopic (exact) mass is 439 g/mol. The summed E-state index contributed by atoms with van der Waals surface area (Å²) in [5, 5.41) is 3.13. The number of methoxy groups -OCH3 is 2. The van der Waals surface area contributed by atoms with Gasteiger partial charge in [-0.3, -0.25) is 4.79 Å². The van der Waals surface area contributed by atoms with E-state index in [1.54, 1.807) is 17.7 Å². The summed E-state index contributed by atoms with van der Waals surface area (Å²) in [5.74, 6) is -0.121. The zero-order valence-electron chi connectivity index (χ0n) is 16.1. The van der Waals surface area contributed by atoms with Crippen molar-refractivity contribution in [2.45, 2.75) is 24.9 Å². The van der Waals surface area contributed by atoms with E-state index in [0.717, 1.165) is 5.57 Å². The van der Waals surface area contributed by atoms with Crippen LogP contribution in [0, 0.1) is 5.82 Å². The van der Waals surface area contributed by atoms with Gasteiger partial charge in [0.15, 0.2) is 0 Å². The zero-order chi connectivity index (χ0) is 21.1. The molecular weight excluding hydrogens is 420 g/mol. The Morgan fingerprint density at radius 3 is 2.69 bits per heavy atom. The lowest BCUT2D eigenvalue weighted by atomic mass is 10.0. The summed E-state index contributed by atoms with van der Waals surface area (Å²) in [6.07, 6.45) is 4.86. The molecule has 1 aliphatic carbocycles. The third kappa shape index (κ3) is 4.98. The first-order valence-electron chi connectivity index (χ1n) is 8.75. The fourth-order valence-electron chi connectivity index (χ4n) is 3.00. The van der Waals surface area contributed by atoms with Crippen molar-refractivity contribution < 1.29 is 13.9 Å². The van der Waals surface area contributed by atoms with Gasteiger partial charge >= 0.3 is 5.56 Å². The number of benzene rings is 1. The van der Waals surface area contributed by atoms with Crippen molar-refractivity contribution in [2.75, 3.05) is 19.5 Å². The highest BCUT2D eigenvalue weighted by molar-refractivity contribution is 6.30. The van der Waals surface area contributed by atoms with Crippen LogP contribution in [0.2, 0.25) is 5.02 Å². The molecule has 1 heterocycles. The minimum Gasteiger partial charge on any atom is -0.490 e. The van der Waals surface area contributed by atoms with Gasteiger partial charge in [-0.15, -0.1) is 11.6 Å². The van der Waals surface area contributed by atoms with Gasteiger partial charge in [-0.05, 0) is 42.3 Å². The largest absolute Gasteiger partial charge is 0.490 e. The van der Waals surface area contributed by atoms with E-state index in [4.69, 9.17) is 32.7 Å². The number of ether oxygens (including phenoxy) is 2. The molecule has 6 nitrogen and oxygen atoms in total. The average Bonchev–Trinajstić information content (AvgIpc) is 2.65. The van der Waals surface area contributed by atoms with Gasteiger partial charge in [0.05, 0.1) is 31.3 Å². The van der Waals surface area contributed by atoms with Gasteiger partial charge in [0.1, 0.15) is 5.82 Å². The van der Waals surface area contributed by atoms with Gasteiger partial charge in [0.25, 0.3) is 0 Å². The highest BCUT2D eigenvalue weighted by atomic mass is 35.5. The van der Waals surface area contributed by atoms with E-state index < -0.39 is 11.4 Å². The van der Waals surface area contributed by atoms with Gasteiger partial charge < -0.3 is 19.4 Å². The van der Waals surface area contributed by atoms with Crippen molar-refractivity contribution in [3.8, 4) is 5.75 Å². The van der Waals surface area contributed by atoms with Crippen LogP contribution in [0.1, 0.15) is 12.5 Å². The standard InChI is InChI=1S/C20H20Cl2FN3O3/c1-11-4-15(22)17(28-2)8-16(11)24-20-25-19(27)18(29-3)10-26(20)9-12-5-13(21)7-14(23)6-12/h4-8,10,15,17H,9H2,1-3H3,(H,24,25,27). The molecular formula is C20H20Cl2FN3O3. The molecule has 2 unspecified atom stereocenters. The summed E-state index contributed by atoms with van der Waals surface area (Å²) in [6, 6.07) is 4.23. The van der Waals surface area contributed by atoms with Crippen LogP contribution in [0.3, 0.4) is 0 Å². The molecule has 0 bridgehead atoms. The van der Waals surface area contributed by atoms with Crippen molar-refractivity contribution in [2.24, 2.45) is 0 Å². The first-order chi connectivity index (χ1) is 13.8. The van der Waals surface area contributed by atoms with Crippen molar-refractivity contribution in [1.82, 2.24) is 9.55 Å². The molecule has 9 heteroatoms. The second-order valence-corrected chi connectivity index (χ2v) is 7.48. The predicted octanol–water partition coefficient (Wildman–Crippen LogP) is 3.97. The second kappa shape index (κ2) is 8.98. The van der Waals surface area contributed by atoms with Crippen LogP contribution in [0.4, 0.5) is 10.3 Å². The summed E-state index contributed by atoms with van der Waals surface area (Å²) < 4.78 is 25.9. The van der Waals surface area contributed by atoms with Crippen molar-refractivity contribution in [3.05, 3.63) is 74.6 Å². The number of anilines is 1. The number of allylic oxidation sites excluding steroid dienone is 1. The van der Waals surface area contributed by atoms with Crippen LogP contribution in [0.25, 0.3) is 0 Å². The van der Waals surface area contributed by atoms with Gasteiger partial charge in [-0.25, -0.2) is 4.39 Å². The smallest absolute Gasteiger partial charge is 0.316 e. The van der Waals surface area contributed by atoms with E-state index in [9.17, 15) is 9.18 Å². The number of alkyl halides is 1. The molecule has 1 aromatic heterocycles. The lowest BCUT2D eigenvalue weighted by molar-refractivity contribution is 0.144. The molecule has 3 rings (SSSR count). The summed E-state index contributed by atoms with van der Waals surface area (Å²) in [7, 11) is 2.95. The first-order valence-corrected chi connectivity index (χ1v) is 9.57. The number of halogens is 3. The van der Waals surface area contributed by atoms with Gasteiger partial charge in [-0.1, -0.05) is 17.7 Å². The Kier molecular flexibility index (Phi) is 6.62. The molecule has 0 saturated carbocycles. The molecule has 0 fully saturated rings. The molecule has 29 heavy (non-hydrogen) atoms. The van der Waals surface area contributed by atoms with E-state index in [2.05, 4.69) is 10.3 Å². The molecule has 0 spiro atoms. The van der Waals surface area contributed by atoms with Crippen LogP contribution >= 0.6 is 23.2 Å². The van der Waals surface area contributed by atoms with E-state index in [1.165, 1.54) is 25.4 Å². The molecule has 2 atom stereocenters. The summed E-state index contributed by atoms with van der Waals surface area (Å²) in [5.41, 5.74) is 1.66. The lowest BCUT2D eigenvalue weighted by Gasteiger charge is -2.25. The number of rotatable bonds is 6. The number of nitrogens with one attached hydrogen (secondary N) is 1. The molecule has 0 radical (unpaired) electrons. The quantitative estimate of drug-likeness (QED) is 0.689. The molecule has 0 aliphatic heterocycles. The molecule has 1 N–H and O–H groups in total. The van der Waals surface area contributed by atoms with Gasteiger partial charge in [0, 0.05) is 17.8 Å². The Hall–Kier alpha value is -2.35. The maximum Gasteiger partial charge on any atom is 0.316 e. The summed E-state index contributed by atoms with van der Waals surface area (Å²) in [6.45, 7) is 2.10. The fourth-order valence-corrected chi connectivity index (χ4v) is 3.61. The van der Waals surface area contributed by atoms with Crippen molar-refractivity contribution in [3.63, 3.8) is 0 Å². The van der Waals surface area contributed by atoms with Gasteiger partial charge in [-0.2, -0.15) is 4.98 Å². The Balaban J connectivity index is 2.00. The normalized spacial score (nSPS) is 18.8. The average molecular weight is 440 g/mol. The number of hydrogen-bond acceptors (Lipinski definition) is 5. The molecule has 2 aromatic rings. The highest BCUT2D eigenvalue weighted by Gasteiger charge is 2.22. The maximum absolute atomic E-state index is 13.7. The van der Waals surface area contributed by atoms with E-state index in [-0.39, 0.29) is 34.7 Å². The Morgan fingerprint density at radius 2 is 2.03 bits per heavy atom. The van der Waals surface area contributed by atoms with Crippen LogP contribution in [0.5, 0.6) is 5.75 Å². The second-order valence-electron chi connectivity index (χ2n) is 6.54. The molecule has 1 aliphatic rings. The summed E-state index contributed by atoms with van der Waals surface area (Å²) >= 11 is 12.2. The van der Waals surface area contributed by atoms with Crippen LogP contribution in [-0.4, -0.2) is 35.3 Å². The SMILES string of the molecule is COc1cn(Cc2cc(F)cc(Cl)c2)c(NC2=CC(OC)C(Cl)C=C2C)nc1=O. The van der Waals surface area contributed by atoms with E-state index >= 15 is 0 Å². The Morgan fingerprint density at radius 1 is 1.28 bits per heavy atom.